The van der Waals surface area contributed by atoms with E-state index in [1.165, 1.54) is 22.9 Å². The Hall–Kier alpha value is -3.18. The molecule has 4 rings (SSSR count). The van der Waals surface area contributed by atoms with Crippen LogP contribution in [0.5, 0.6) is 11.6 Å². The summed E-state index contributed by atoms with van der Waals surface area (Å²) in [6.45, 7) is 1.01. The molecule has 0 aliphatic heterocycles. The van der Waals surface area contributed by atoms with Gasteiger partial charge >= 0.3 is 0 Å². The quantitative estimate of drug-likeness (QED) is 0.569. The number of amides is 1. The number of nitrogens with two attached hydrogens (primary N) is 1. The maximum Gasteiger partial charge on any atom is 0.250 e. The summed E-state index contributed by atoms with van der Waals surface area (Å²) in [7, 11) is 0. The minimum atomic E-state index is -0.496. The number of nitrogens with zero attached hydrogens (tertiary/aromatic N) is 1. The number of nitrogens with one attached hydrogen (secondary N) is 1. The van der Waals surface area contributed by atoms with Crippen LogP contribution in [0.15, 0.2) is 66.9 Å². The second kappa shape index (κ2) is 8.88. The third-order valence-corrected chi connectivity index (χ3v) is 5.31. The van der Waals surface area contributed by atoms with Gasteiger partial charge in [-0.15, -0.1) is 0 Å². The van der Waals surface area contributed by atoms with Gasteiger partial charge in [0.25, 0.3) is 0 Å². The summed E-state index contributed by atoms with van der Waals surface area (Å²) in [5.74, 6) is 0.709. The van der Waals surface area contributed by atoms with Crippen molar-refractivity contribution >= 4 is 5.91 Å². The second-order valence-corrected chi connectivity index (χ2v) is 7.35. The number of fused-ring (bicyclic) bond motifs is 1. The lowest BCUT2D eigenvalue weighted by molar-refractivity contribution is 0.1000. The van der Waals surface area contributed by atoms with Crippen LogP contribution >= 0.6 is 0 Å². The van der Waals surface area contributed by atoms with Crippen molar-refractivity contribution in [1.82, 2.24) is 10.3 Å². The molecule has 1 amide bonds. The molecule has 148 valence electrons. The fraction of sp³-hybridized carbons (Fsp3) is 0.250. The molecule has 1 unspecified atom stereocenters. The first-order chi connectivity index (χ1) is 14.2. The van der Waals surface area contributed by atoms with Crippen LogP contribution in [-0.4, -0.2) is 17.4 Å². The Morgan fingerprint density at radius 1 is 1.14 bits per heavy atom. The molecule has 1 aliphatic carbocycles. The van der Waals surface area contributed by atoms with Crippen LogP contribution < -0.4 is 15.8 Å². The average Bonchev–Trinajstić information content (AvgIpc) is 3.14. The standard InChI is InChI=1S/C24H25N3O2/c25-24(28)19-9-13-23(27-16-19)29-20-10-11-21-18(15-20)8-12-22(21)26-14-4-7-17-5-2-1-3-6-17/h1-3,5-6,9-11,13,15-16,22,26H,4,7-8,12,14H2,(H2,25,28). The highest BCUT2D eigenvalue weighted by molar-refractivity contribution is 5.92. The van der Waals surface area contributed by atoms with Crippen LogP contribution in [0.25, 0.3) is 0 Å². The largest absolute Gasteiger partial charge is 0.439 e. The van der Waals surface area contributed by atoms with E-state index < -0.39 is 5.91 Å². The van der Waals surface area contributed by atoms with E-state index in [2.05, 4.69) is 52.8 Å². The van der Waals surface area contributed by atoms with Crippen molar-refractivity contribution in [2.45, 2.75) is 31.7 Å². The molecular weight excluding hydrogens is 362 g/mol. The fourth-order valence-corrected chi connectivity index (χ4v) is 3.79. The van der Waals surface area contributed by atoms with Gasteiger partial charge in [0.15, 0.2) is 0 Å². The minimum absolute atomic E-state index is 0.368. The molecule has 0 radical (unpaired) electrons. The first kappa shape index (κ1) is 19.2. The SMILES string of the molecule is NC(=O)c1ccc(Oc2ccc3c(c2)CCC3NCCCc2ccccc2)nc1. The molecule has 5 heteroatoms. The highest BCUT2D eigenvalue weighted by Gasteiger charge is 2.22. The molecule has 0 saturated carbocycles. The normalized spacial score (nSPS) is 15.1. The van der Waals surface area contributed by atoms with Crippen molar-refractivity contribution in [1.29, 1.82) is 0 Å². The van der Waals surface area contributed by atoms with E-state index in [-0.39, 0.29) is 0 Å². The molecule has 1 aromatic heterocycles. The summed E-state index contributed by atoms with van der Waals surface area (Å²) in [5, 5.41) is 3.70. The molecule has 1 aliphatic rings. The Labute approximate surface area is 170 Å². The lowest BCUT2D eigenvalue weighted by atomic mass is 10.1. The van der Waals surface area contributed by atoms with Gasteiger partial charge in [0.05, 0.1) is 5.56 Å². The predicted octanol–water partition coefficient (Wildman–Crippen LogP) is 4.18. The number of aryl methyl sites for hydroxylation is 2. The Morgan fingerprint density at radius 3 is 2.76 bits per heavy atom. The average molecular weight is 387 g/mol. The van der Waals surface area contributed by atoms with Crippen LogP contribution in [0.2, 0.25) is 0 Å². The Bertz CT molecular complexity index is 971. The summed E-state index contributed by atoms with van der Waals surface area (Å²) in [6.07, 6.45) is 5.80. The highest BCUT2D eigenvalue weighted by atomic mass is 16.5. The number of carbonyl (C=O) groups is 1. The zero-order valence-corrected chi connectivity index (χ0v) is 16.3. The van der Waals surface area contributed by atoms with E-state index in [4.69, 9.17) is 10.5 Å². The van der Waals surface area contributed by atoms with Crippen molar-refractivity contribution in [2.75, 3.05) is 6.54 Å². The molecule has 3 aromatic rings. The molecule has 29 heavy (non-hydrogen) atoms. The van der Waals surface area contributed by atoms with Gasteiger partial charge in [-0.25, -0.2) is 4.98 Å². The molecular formula is C24H25N3O2. The number of pyridine rings is 1. The van der Waals surface area contributed by atoms with E-state index in [0.717, 1.165) is 38.0 Å². The smallest absolute Gasteiger partial charge is 0.250 e. The van der Waals surface area contributed by atoms with Crippen LogP contribution in [0.1, 0.15) is 45.9 Å². The highest BCUT2D eigenvalue weighted by Crippen LogP contribution is 2.34. The molecule has 2 aromatic carbocycles. The van der Waals surface area contributed by atoms with Crippen molar-refractivity contribution < 1.29 is 9.53 Å². The van der Waals surface area contributed by atoms with Crippen LogP contribution in [0, 0.1) is 0 Å². The lowest BCUT2D eigenvalue weighted by Gasteiger charge is -2.14. The summed E-state index contributed by atoms with van der Waals surface area (Å²) in [6, 6.07) is 20.5. The van der Waals surface area contributed by atoms with Crippen molar-refractivity contribution in [3.63, 3.8) is 0 Å². The van der Waals surface area contributed by atoms with E-state index in [9.17, 15) is 4.79 Å². The van der Waals surface area contributed by atoms with Crippen molar-refractivity contribution in [3.05, 3.63) is 89.1 Å². The zero-order chi connectivity index (χ0) is 20.1. The Morgan fingerprint density at radius 2 is 2.00 bits per heavy atom. The van der Waals surface area contributed by atoms with Gasteiger partial charge in [-0.3, -0.25) is 4.79 Å². The molecule has 0 spiro atoms. The van der Waals surface area contributed by atoms with E-state index in [0.29, 0.717) is 17.5 Å². The third-order valence-electron chi connectivity index (χ3n) is 5.31. The second-order valence-electron chi connectivity index (χ2n) is 7.35. The number of rotatable bonds is 8. The van der Waals surface area contributed by atoms with Gasteiger partial charge in [0, 0.05) is 18.3 Å². The number of hydrogen-bond donors (Lipinski definition) is 2. The molecule has 0 fully saturated rings. The monoisotopic (exact) mass is 387 g/mol. The molecule has 0 saturated heterocycles. The zero-order valence-electron chi connectivity index (χ0n) is 16.3. The van der Waals surface area contributed by atoms with E-state index >= 15 is 0 Å². The van der Waals surface area contributed by atoms with Gasteiger partial charge in [0.2, 0.25) is 11.8 Å². The maximum absolute atomic E-state index is 11.1. The Kier molecular flexibility index (Phi) is 5.86. The summed E-state index contributed by atoms with van der Waals surface area (Å²) >= 11 is 0. The Balaban J connectivity index is 1.32. The van der Waals surface area contributed by atoms with Gasteiger partial charge < -0.3 is 15.8 Å². The number of aromatic nitrogens is 1. The lowest BCUT2D eigenvalue weighted by Crippen LogP contribution is -2.20. The molecule has 1 atom stereocenters. The fourth-order valence-electron chi connectivity index (χ4n) is 3.79. The molecule has 0 bridgehead atoms. The maximum atomic E-state index is 11.1. The molecule has 3 N–H and O–H groups in total. The van der Waals surface area contributed by atoms with Crippen molar-refractivity contribution in [3.8, 4) is 11.6 Å². The number of benzene rings is 2. The minimum Gasteiger partial charge on any atom is -0.439 e. The van der Waals surface area contributed by atoms with Gasteiger partial charge in [0.1, 0.15) is 5.75 Å². The molecule has 1 heterocycles. The number of hydrogen-bond acceptors (Lipinski definition) is 4. The van der Waals surface area contributed by atoms with Crippen LogP contribution in [0.3, 0.4) is 0 Å². The van der Waals surface area contributed by atoms with E-state index in [1.54, 1.807) is 12.1 Å². The van der Waals surface area contributed by atoms with Gasteiger partial charge in [-0.2, -0.15) is 0 Å². The number of carbonyl (C=O) groups excluding carboxylic acids is 1. The summed E-state index contributed by atoms with van der Waals surface area (Å²) < 4.78 is 5.84. The first-order valence-electron chi connectivity index (χ1n) is 10.0. The first-order valence-corrected chi connectivity index (χ1v) is 10.0. The van der Waals surface area contributed by atoms with Crippen LogP contribution in [0.4, 0.5) is 0 Å². The topological polar surface area (TPSA) is 77.2 Å². The summed E-state index contributed by atoms with van der Waals surface area (Å²) in [5.41, 5.74) is 9.67. The number of ether oxygens (including phenoxy) is 1. The van der Waals surface area contributed by atoms with Gasteiger partial charge in [-0.1, -0.05) is 36.4 Å². The van der Waals surface area contributed by atoms with E-state index in [1.807, 2.05) is 6.07 Å². The summed E-state index contributed by atoms with van der Waals surface area (Å²) in [4.78, 5) is 15.3. The molecule has 5 nitrogen and oxygen atoms in total. The van der Waals surface area contributed by atoms with Gasteiger partial charge in [-0.05, 0) is 67.1 Å². The number of primary amides is 1. The van der Waals surface area contributed by atoms with Crippen LogP contribution in [-0.2, 0) is 12.8 Å². The third kappa shape index (κ3) is 4.81. The predicted molar refractivity (Wildman–Crippen MR) is 113 cm³/mol. The van der Waals surface area contributed by atoms with Crippen molar-refractivity contribution in [2.24, 2.45) is 5.73 Å².